The van der Waals surface area contributed by atoms with Crippen LogP contribution in [0.5, 0.6) is 0 Å². The zero-order valence-corrected chi connectivity index (χ0v) is 14.3. The maximum atomic E-state index is 12.0. The lowest BCUT2D eigenvalue weighted by atomic mass is 10.2. The molecule has 3 amide bonds. The Labute approximate surface area is 145 Å². The number of anilines is 1. The average molecular weight is 350 g/mol. The van der Waals surface area contributed by atoms with Gasteiger partial charge in [-0.25, -0.2) is 4.79 Å². The molecule has 0 bridgehead atoms. The first kappa shape index (κ1) is 17.8. The van der Waals surface area contributed by atoms with Gasteiger partial charge in [-0.05, 0) is 32.0 Å². The molecule has 0 fully saturated rings. The van der Waals surface area contributed by atoms with Crippen LogP contribution < -0.4 is 16.0 Å². The first-order chi connectivity index (χ1) is 11.4. The molecule has 0 aliphatic carbocycles. The summed E-state index contributed by atoms with van der Waals surface area (Å²) in [6.07, 6.45) is 3.22. The summed E-state index contributed by atoms with van der Waals surface area (Å²) in [6.45, 7) is 4.69. The number of nitrogens with one attached hydrogen (secondary N) is 3. The van der Waals surface area contributed by atoms with E-state index in [0.29, 0.717) is 29.4 Å². The van der Waals surface area contributed by atoms with E-state index in [1.807, 2.05) is 13.8 Å². The Hall–Kier alpha value is -2.54. The van der Waals surface area contributed by atoms with Crippen LogP contribution in [0, 0.1) is 0 Å². The molecule has 1 aromatic heterocycles. The molecule has 0 aliphatic heterocycles. The van der Waals surface area contributed by atoms with E-state index in [2.05, 4.69) is 21.0 Å². The summed E-state index contributed by atoms with van der Waals surface area (Å²) in [5, 5.41) is 12.8. The van der Waals surface area contributed by atoms with Crippen LogP contribution in [0.25, 0.3) is 0 Å². The Morgan fingerprint density at radius 2 is 2.12 bits per heavy atom. The number of aromatic nitrogens is 2. The van der Waals surface area contributed by atoms with Crippen LogP contribution in [0.2, 0.25) is 5.02 Å². The summed E-state index contributed by atoms with van der Waals surface area (Å²) in [5.41, 5.74) is 1.04. The lowest BCUT2D eigenvalue weighted by Crippen LogP contribution is -2.32. The number of carbonyl (C=O) groups excluding carboxylic acids is 2. The van der Waals surface area contributed by atoms with Gasteiger partial charge in [0.25, 0.3) is 5.91 Å². The van der Waals surface area contributed by atoms with Crippen molar-refractivity contribution in [3.05, 3.63) is 47.2 Å². The van der Waals surface area contributed by atoms with Crippen molar-refractivity contribution < 1.29 is 9.59 Å². The molecule has 1 heterocycles. The van der Waals surface area contributed by atoms with Crippen LogP contribution in [0.4, 0.5) is 10.5 Å². The molecular formula is C16H20ClN5O2. The molecule has 8 heteroatoms. The Kier molecular flexibility index (Phi) is 6.20. The number of rotatable bonds is 6. The fourth-order valence-corrected chi connectivity index (χ4v) is 2.16. The van der Waals surface area contributed by atoms with Crippen molar-refractivity contribution in [2.24, 2.45) is 0 Å². The highest BCUT2D eigenvalue weighted by Crippen LogP contribution is 2.10. The van der Waals surface area contributed by atoms with Crippen LogP contribution in [-0.4, -0.2) is 34.3 Å². The zero-order valence-electron chi connectivity index (χ0n) is 13.5. The Morgan fingerprint density at radius 3 is 2.79 bits per heavy atom. The van der Waals surface area contributed by atoms with Crippen molar-refractivity contribution in [2.45, 2.75) is 26.4 Å². The quantitative estimate of drug-likeness (QED) is 0.748. The third kappa shape index (κ3) is 5.58. The second-order valence-corrected chi connectivity index (χ2v) is 5.95. The highest BCUT2D eigenvalue weighted by atomic mass is 35.5. The first-order valence-electron chi connectivity index (χ1n) is 7.58. The molecule has 2 aromatic rings. The molecule has 1 aromatic carbocycles. The number of carbonyl (C=O) groups is 2. The standard InChI is InChI=1S/C16H20ClN5O2/c1-11(2)20-15(23)12-4-3-5-14(8-12)21-16(24)18-6-7-22-10-13(17)9-19-22/h3-5,8-11H,6-7H2,1-2H3,(H,20,23)(H2,18,21,24). The van der Waals surface area contributed by atoms with Crippen LogP contribution >= 0.6 is 11.6 Å². The van der Waals surface area contributed by atoms with E-state index in [9.17, 15) is 9.59 Å². The lowest BCUT2D eigenvalue weighted by molar-refractivity contribution is 0.0943. The maximum absolute atomic E-state index is 12.0. The molecule has 0 aliphatic rings. The van der Waals surface area contributed by atoms with E-state index in [1.165, 1.54) is 6.20 Å². The predicted molar refractivity (Wildman–Crippen MR) is 93.3 cm³/mol. The van der Waals surface area contributed by atoms with Gasteiger partial charge >= 0.3 is 6.03 Å². The van der Waals surface area contributed by atoms with Gasteiger partial charge in [0, 0.05) is 30.0 Å². The highest BCUT2D eigenvalue weighted by Gasteiger charge is 2.08. The summed E-state index contributed by atoms with van der Waals surface area (Å²) in [4.78, 5) is 23.9. The predicted octanol–water partition coefficient (Wildman–Crippen LogP) is 2.50. The fourth-order valence-electron chi connectivity index (χ4n) is 2.00. The number of urea groups is 1. The van der Waals surface area contributed by atoms with Crippen molar-refractivity contribution in [1.29, 1.82) is 0 Å². The van der Waals surface area contributed by atoms with Gasteiger partial charge in [-0.15, -0.1) is 0 Å². The van der Waals surface area contributed by atoms with Gasteiger partial charge in [-0.3, -0.25) is 9.48 Å². The number of nitrogens with zero attached hydrogens (tertiary/aromatic N) is 2. The average Bonchev–Trinajstić information content (AvgIpc) is 2.92. The van der Waals surface area contributed by atoms with E-state index >= 15 is 0 Å². The SMILES string of the molecule is CC(C)NC(=O)c1cccc(NC(=O)NCCn2cc(Cl)cn2)c1. The minimum atomic E-state index is -0.352. The largest absolute Gasteiger partial charge is 0.350 e. The Morgan fingerprint density at radius 1 is 1.33 bits per heavy atom. The normalized spacial score (nSPS) is 10.5. The topological polar surface area (TPSA) is 88.0 Å². The van der Waals surface area contributed by atoms with Gasteiger partial charge in [0.15, 0.2) is 0 Å². The third-order valence-corrected chi connectivity index (χ3v) is 3.23. The second-order valence-electron chi connectivity index (χ2n) is 5.51. The number of amides is 3. The molecule has 128 valence electrons. The van der Waals surface area contributed by atoms with Crippen LogP contribution in [0.1, 0.15) is 24.2 Å². The minimum absolute atomic E-state index is 0.0493. The molecule has 0 saturated heterocycles. The zero-order chi connectivity index (χ0) is 17.5. The van der Waals surface area contributed by atoms with Crippen LogP contribution in [-0.2, 0) is 6.54 Å². The second kappa shape index (κ2) is 8.35. The molecule has 2 rings (SSSR count). The van der Waals surface area contributed by atoms with Gasteiger partial charge in [0.1, 0.15) is 0 Å². The van der Waals surface area contributed by atoms with Gasteiger partial charge in [0.05, 0.1) is 17.8 Å². The van der Waals surface area contributed by atoms with Gasteiger partial charge in [0.2, 0.25) is 0 Å². The van der Waals surface area contributed by atoms with Crippen LogP contribution in [0.3, 0.4) is 0 Å². The van der Waals surface area contributed by atoms with E-state index in [0.717, 1.165) is 0 Å². The van der Waals surface area contributed by atoms with Crippen molar-refractivity contribution >= 4 is 29.2 Å². The van der Waals surface area contributed by atoms with Crippen molar-refractivity contribution in [2.75, 3.05) is 11.9 Å². The Bertz CT molecular complexity index is 714. The number of hydrogen-bond acceptors (Lipinski definition) is 3. The molecule has 3 N–H and O–H groups in total. The molecule has 24 heavy (non-hydrogen) atoms. The lowest BCUT2D eigenvalue weighted by Gasteiger charge is -2.11. The number of benzene rings is 1. The summed E-state index contributed by atoms with van der Waals surface area (Å²) < 4.78 is 1.64. The molecule has 0 saturated carbocycles. The van der Waals surface area contributed by atoms with Crippen molar-refractivity contribution in [3.8, 4) is 0 Å². The number of halogens is 1. The third-order valence-electron chi connectivity index (χ3n) is 3.03. The van der Waals surface area contributed by atoms with Crippen LogP contribution in [0.15, 0.2) is 36.7 Å². The minimum Gasteiger partial charge on any atom is -0.350 e. The van der Waals surface area contributed by atoms with Gasteiger partial charge in [-0.2, -0.15) is 5.10 Å². The first-order valence-corrected chi connectivity index (χ1v) is 7.95. The van der Waals surface area contributed by atoms with E-state index < -0.39 is 0 Å². The molecule has 0 spiro atoms. The number of hydrogen-bond donors (Lipinski definition) is 3. The van der Waals surface area contributed by atoms with E-state index in [1.54, 1.807) is 35.1 Å². The molecule has 0 radical (unpaired) electrons. The molecule has 7 nitrogen and oxygen atoms in total. The van der Waals surface area contributed by atoms with Crippen molar-refractivity contribution in [1.82, 2.24) is 20.4 Å². The molecular weight excluding hydrogens is 330 g/mol. The summed E-state index contributed by atoms with van der Waals surface area (Å²) in [5.74, 6) is -0.176. The van der Waals surface area contributed by atoms with E-state index in [4.69, 9.17) is 11.6 Å². The van der Waals surface area contributed by atoms with Gasteiger partial charge in [-0.1, -0.05) is 17.7 Å². The molecule has 0 unspecified atom stereocenters. The van der Waals surface area contributed by atoms with Crippen molar-refractivity contribution in [3.63, 3.8) is 0 Å². The Balaban J connectivity index is 1.84. The summed E-state index contributed by atoms with van der Waals surface area (Å²) in [7, 11) is 0. The fraction of sp³-hybridized carbons (Fsp3) is 0.312. The summed E-state index contributed by atoms with van der Waals surface area (Å²) >= 11 is 5.77. The van der Waals surface area contributed by atoms with E-state index in [-0.39, 0.29) is 18.0 Å². The smallest absolute Gasteiger partial charge is 0.319 e. The summed E-state index contributed by atoms with van der Waals surface area (Å²) in [6, 6.07) is 6.46. The highest BCUT2D eigenvalue weighted by molar-refractivity contribution is 6.30. The monoisotopic (exact) mass is 349 g/mol. The van der Waals surface area contributed by atoms with Gasteiger partial charge < -0.3 is 16.0 Å². The molecule has 0 atom stereocenters. The maximum Gasteiger partial charge on any atom is 0.319 e.